The summed E-state index contributed by atoms with van der Waals surface area (Å²) < 4.78 is 1.28. The first-order chi connectivity index (χ1) is 9.78. The summed E-state index contributed by atoms with van der Waals surface area (Å²) in [6.07, 6.45) is 2.67. The van der Waals surface area contributed by atoms with Gasteiger partial charge in [0, 0.05) is 12.6 Å². The van der Waals surface area contributed by atoms with Crippen LogP contribution in [0.2, 0.25) is 0 Å². The van der Waals surface area contributed by atoms with Crippen molar-refractivity contribution >= 4 is 21.6 Å². The Hall–Kier alpha value is -0.970. The number of thiazole rings is 1. The van der Waals surface area contributed by atoms with E-state index in [-0.39, 0.29) is 0 Å². The monoisotopic (exact) mass is 289 g/mol. The van der Waals surface area contributed by atoms with E-state index in [0.717, 1.165) is 12.1 Å². The fourth-order valence-corrected chi connectivity index (χ4v) is 4.01. The first-order valence-corrected chi connectivity index (χ1v) is 8.42. The Morgan fingerprint density at radius 2 is 2.30 bits per heavy atom. The number of fused-ring (bicyclic) bond motifs is 1. The molecule has 3 nitrogen and oxygen atoms in total. The summed E-state index contributed by atoms with van der Waals surface area (Å²) in [4.78, 5) is 7.32. The molecular weight excluding hydrogens is 266 g/mol. The first-order valence-electron chi connectivity index (χ1n) is 7.61. The highest BCUT2D eigenvalue weighted by Crippen LogP contribution is 2.26. The van der Waals surface area contributed by atoms with Crippen molar-refractivity contribution in [2.24, 2.45) is 0 Å². The summed E-state index contributed by atoms with van der Waals surface area (Å²) in [6, 6.07) is 9.43. The van der Waals surface area contributed by atoms with E-state index in [4.69, 9.17) is 4.98 Å². The van der Waals surface area contributed by atoms with Gasteiger partial charge >= 0.3 is 0 Å². The number of likely N-dealkylation sites (N-methyl/N-ethyl adjacent to an activating group) is 1. The molecule has 3 rings (SSSR count). The zero-order valence-corrected chi connectivity index (χ0v) is 13.1. The van der Waals surface area contributed by atoms with Crippen LogP contribution in [0.3, 0.4) is 0 Å². The molecule has 1 aliphatic rings. The number of nitrogens with zero attached hydrogens (tertiary/aromatic N) is 2. The summed E-state index contributed by atoms with van der Waals surface area (Å²) >= 11 is 1.81. The Kier molecular flexibility index (Phi) is 4.34. The van der Waals surface area contributed by atoms with Crippen molar-refractivity contribution in [1.29, 1.82) is 0 Å². The smallest absolute Gasteiger partial charge is 0.111 e. The molecule has 0 bridgehead atoms. The number of nitrogens with one attached hydrogen (secondary N) is 1. The first kappa shape index (κ1) is 14.0. The maximum atomic E-state index is 4.74. The van der Waals surface area contributed by atoms with Gasteiger partial charge in [-0.05, 0) is 45.0 Å². The van der Waals surface area contributed by atoms with Crippen LogP contribution in [0.1, 0.15) is 37.7 Å². The SMILES string of the molecule is CCN1CCCC1CNC(C)c1nc2ccccc2s1. The fourth-order valence-electron chi connectivity index (χ4n) is 3.02. The minimum Gasteiger partial charge on any atom is -0.307 e. The van der Waals surface area contributed by atoms with Crippen LogP contribution >= 0.6 is 11.3 Å². The third kappa shape index (κ3) is 2.87. The van der Waals surface area contributed by atoms with Crippen LogP contribution in [0.5, 0.6) is 0 Å². The lowest BCUT2D eigenvalue weighted by molar-refractivity contribution is 0.255. The van der Waals surface area contributed by atoms with Gasteiger partial charge in [0.2, 0.25) is 0 Å². The highest BCUT2D eigenvalue weighted by Gasteiger charge is 2.23. The molecule has 1 N–H and O–H groups in total. The van der Waals surface area contributed by atoms with Crippen molar-refractivity contribution in [3.8, 4) is 0 Å². The Morgan fingerprint density at radius 1 is 1.45 bits per heavy atom. The van der Waals surface area contributed by atoms with Crippen LogP contribution in [0, 0.1) is 0 Å². The third-order valence-electron chi connectivity index (χ3n) is 4.25. The van der Waals surface area contributed by atoms with Gasteiger partial charge in [-0.15, -0.1) is 11.3 Å². The molecule has 2 heterocycles. The number of benzene rings is 1. The van der Waals surface area contributed by atoms with Crippen molar-refractivity contribution in [2.45, 2.75) is 38.8 Å². The van der Waals surface area contributed by atoms with Crippen LogP contribution in [0.25, 0.3) is 10.2 Å². The Bertz CT molecular complexity index is 533. The maximum absolute atomic E-state index is 4.74. The summed E-state index contributed by atoms with van der Waals surface area (Å²) in [5.74, 6) is 0. The topological polar surface area (TPSA) is 28.2 Å². The van der Waals surface area contributed by atoms with Gasteiger partial charge < -0.3 is 5.32 Å². The Labute approximate surface area is 125 Å². The largest absolute Gasteiger partial charge is 0.307 e. The van der Waals surface area contributed by atoms with E-state index in [1.807, 2.05) is 11.3 Å². The summed E-state index contributed by atoms with van der Waals surface area (Å²) in [5, 5.41) is 4.87. The van der Waals surface area contributed by atoms with Crippen molar-refractivity contribution in [1.82, 2.24) is 15.2 Å². The molecule has 1 saturated heterocycles. The number of para-hydroxylation sites is 1. The second-order valence-corrected chi connectivity index (χ2v) is 6.64. The van der Waals surface area contributed by atoms with E-state index in [0.29, 0.717) is 12.1 Å². The van der Waals surface area contributed by atoms with Crippen LogP contribution in [0.4, 0.5) is 0 Å². The number of hydrogen-bond donors (Lipinski definition) is 1. The van der Waals surface area contributed by atoms with Gasteiger partial charge in [-0.3, -0.25) is 4.90 Å². The van der Waals surface area contributed by atoms with Gasteiger partial charge in [-0.1, -0.05) is 19.1 Å². The minimum atomic E-state index is 0.340. The quantitative estimate of drug-likeness (QED) is 0.914. The fraction of sp³-hybridized carbons (Fsp3) is 0.562. The highest BCUT2D eigenvalue weighted by atomic mass is 32.1. The van der Waals surface area contributed by atoms with Crippen LogP contribution < -0.4 is 5.32 Å². The van der Waals surface area contributed by atoms with Gasteiger partial charge in [0.05, 0.1) is 16.3 Å². The van der Waals surface area contributed by atoms with E-state index >= 15 is 0 Å². The molecule has 0 saturated carbocycles. The zero-order valence-electron chi connectivity index (χ0n) is 12.3. The standard InChI is InChI=1S/C16H23N3S/c1-3-19-10-6-7-13(19)11-17-12(2)16-18-14-8-4-5-9-15(14)20-16/h4-5,8-9,12-13,17H,3,6-7,10-11H2,1-2H3. The number of aromatic nitrogens is 1. The van der Waals surface area contributed by atoms with Crippen LogP contribution in [-0.2, 0) is 0 Å². The molecule has 0 radical (unpaired) electrons. The van der Waals surface area contributed by atoms with E-state index in [9.17, 15) is 0 Å². The molecule has 108 valence electrons. The highest BCUT2D eigenvalue weighted by molar-refractivity contribution is 7.18. The van der Waals surface area contributed by atoms with E-state index < -0.39 is 0 Å². The number of rotatable bonds is 5. The third-order valence-corrected chi connectivity index (χ3v) is 5.46. The van der Waals surface area contributed by atoms with E-state index in [1.165, 1.54) is 35.6 Å². The van der Waals surface area contributed by atoms with Crippen molar-refractivity contribution in [3.05, 3.63) is 29.3 Å². The molecule has 1 fully saturated rings. The molecule has 1 aromatic carbocycles. The Balaban J connectivity index is 1.62. The van der Waals surface area contributed by atoms with Crippen molar-refractivity contribution in [3.63, 3.8) is 0 Å². The van der Waals surface area contributed by atoms with Gasteiger partial charge in [0.1, 0.15) is 5.01 Å². The summed E-state index contributed by atoms with van der Waals surface area (Å²) in [6.45, 7) is 7.99. The van der Waals surface area contributed by atoms with Gasteiger partial charge in [-0.2, -0.15) is 0 Å². The molecule has 1 aromatic heterocycles. The van der Waals surface area contributed by atoms with Crippen molar-refractivity contribution in [2.75, 3.05) is 19.6 Å². The zero-order chi connectivity index (χ0) is 13.9. The molecule has 0 aliphatic carbocycles. The molecular formula is C16H23N3S. The second kappa shape index (κ2) is 6.20. The average molecular weight is 289 g/mol. The van der Waals surface area contributed by atoms with Crippen LogP contribution in [-0.4, -0.2) is 35.6 Å². The van der Waals surface area contributed by atoms with Gasteiger partial charge in [0.15, 0.2) is 0 Å². The molecule has 2 atom stereocenters. The average Bonchev–Trinajstić information content (AvgIpc) is 3.10. The molecule has 1 aliphatic heterocycles. The number of hydrogen-bond acceptors (Lipinski definition) is 4. The molecule has 2 unspecified atom stereocenters. The van der Waals surface area contributed by atoms with Gasteiger partial charge in [0.25, 0.3) is 0 Å². The van der Waals surface area contributed by atoms with E-state index in [2.05, 4.69) is 48.3 Å². The van der Waals surface area contributed by atoms with Gasteiger partial charge in [-0.25, -0.2) is 4.98 Å². The lowest BCUT2D eigenvalue weighted by atomic mass is 10.2. The predicted octanol–water partition coefficient (Wildman–Crippen LogP) is 3.43. The molecule has 0 spiro atoms. The normalized spacial score (nSPS) is 21.6. The molecule has 0 amide bonds. The molecule has 20 heavy (non-hydrogen) atoms. The lowest BCUT2D eigenvalue weighted by Crippen LogP contribution is -2.38. The lowest BCUT2D eigenvalue weighted by Gasteiger charge is -2.24. The summed E-state index contributed by atoms with van der Waals surface area (Å²) in [5.41, 5.74) is 1.12. The second-order valence-electron chi connectivity index (χ2n) is 5.57. The van der Waals surface area contributed by atoms with Crippen LogP contribution in [0.15, 0.2) is 24.3 Å². The number of likely N-dealkylation sites (tertiary alicyclic amines) is 1. The predicted molar refractivity (Wildman–Crippen MR) is 86.3 cm³/mol. The van der Waals surface area contributed by atoms with Crippen molar-refractivity contribution < 1.29 is 0 Å². The maximum Gasteiger partial charge on any atom is 0.111 e. The molecule has 2 aromatic rings. The Morgan fingerprint density at radius 3 is 3.10 bits per heavy atom. The minimum absolute atomic E-state index is 0.340. The van der Waals surface area contributed by atoms with E-state index in [1.54, 1.807) is 0 Å². The summed E-state index contributed by atoms with van der Waals surface area (Å²) in [7, 11) is 0. The molecule has 4 heteroatoms.